The molecule has 2 aromatic heterocycles. The number of thiophene rings is 2. The zero-order valence-corrected chi connectivity index (χ0v) is 61.2. The fraction of sp³-hybridized carbons (Fsp3) is 0.519. The lowest BCUT2D eigenvalue weighted by atomic mass is 9.83. The summed E-state index contributed by atoms with van der Waals surface area (Å²) in [5.41, 5.74) is 8.03. The van der Waals surface area contributed by atoms with Gasteiger partial charge in [0.25, 0.3) is 0 Å². The number of esters is 2. The molecule has 0 N–H and O–H groups in total. The molecule has 0 bridgehead atoms. The van der Waals surface area contributed by atoms with Crippen molar-refractivity contribution >= 4 is 82.6 Å². The van der Waals surface area contributed by atoms with Gasteiger partial charge in [0.15, 0.2) is 16.6 Å². The highest BCUT2D eigenvalue weighted by Gasteiger charge is 2.33. The van der Waals surface area contributed by atoms with E-state index in [-0.39, 0.29) is 12.1 Å². The molecular weight excluding hydrogens is 1230 g/mol. The highest BCUT2D eigenvalue weighted by Crippen LogP contribution is 2.50. The molecule has 2 aliphatic carbocycles. The van der Waals surface area contributed by atoms with Gasteiger partial charge in [-0.25, -0.2) is 9.59 Å². The first-order chi connectivity index (χ1) is 45.1. The van der Waals surface area contributed by atoms with Gasteiger partial charge in [-0.1, -0.05) is 109 Å². The minimum Gasteiger partial charge on any atom is -0.497 e. The Bertz CT molecular complexity index is 3520. The summed E-state index contributed by atoms with van der Waals surface area (Å²) in [4.78, 5) is 29.8. The molecule has 7 aromatic rings. The van der Waals surface area contributed by atoms with Crippen molar-refractivity contribution in [2.45, 2.75) is 232 Å². The average molecular weight is 1340 g/mol. The summed E-state index contributed by atoms with van der Waals surface area (Å²) in [6, 6.07) is 36.1. The van der Waals surface area contributed by atoms with Gasteiger partial charge < -0.3 is 37.3 Å². The summed E-state index contributed by atoms with van der Waals surface area (Å²) >= 11 is 3.77. The predicted octanol–water partition coefficient (Wildman–Crippen LogP) is 23.3. The van der Waals surface area contributed by atoms with Crippen molar-refractivity contribution in [3.8, 4) is 34.5 Å². The number of fused-ring (bicyclic) bond motifs is 2. The second kappa shape index (κ2) is 35.7. The first-order valence-corrected chi connectivity index (χ1v) is 43.3. The van der Waals surface area contributed by atoms with E-state index in [1.165, 1.54) is 122 Å². The number of aryl methyl sites for hydroxylation is 2. The molecule has 1 fully saturated rings. The van der Waals surface area contributed by atoms with E-state index in [2.05, 4.69) is 102 Å². The molecule has 2 heterocycles. The summed E-state index contributed by atoms with van der Waals surface area (Å²) < 4.78 is 52.3. The Kier molecular flexibility index (Phi) is 27.4. The third kappa shape index (κ3) is 21.0. The molecule has 2 aliphatic rings. The molecule has 1 saturated carbocycles. The van der Waals surface area contributed by atoms with E-state index in [4.69, 9.17) is 37.3 Å². The fourth-order valence-corrected chi connectivity index (χ4v) is 25.0. The highest BCUT2D eigenvalue weighted by atomic mass is 32.1. The van der Waals surface area contributed by atoms with Crippen molar-refractivity contribution in [3.05, 3.63) is 141 Å². The van der Waals surface area contributed by atoms with E-state index in [0.29, 0.717) is 60.7 Å². The molecule has 14 heteroatoms. The van der Waals surface area contributed by atoms with Gasteiger partial charge >= 0.3 is 11.9 Å². The van der Waals surface area contributed by atoms with Crippen LogP contribution in [-0.4, -0.2) is 68.2 Å². The minimum absolute atomic E-state index is 0.184. The van der Waals surface area contributed by atoms with Crippen molar-refractivity contribution in [2.24, 2.45) is 0 Å². The number of methoxy groups -OCH3 is 1. The number of hydrogen-bond donors (Lipinski definition) is 0. The van der Waals surface area contributed by atoms with Gasteiger partial charge in [-0.05, 0) is 241 Å². The van der Waals surface area contributed by atoms with Gasteiger partial charge in [0.05, 0.1) is 39.1 Å². The Labute approximate surface area is 566 Å². The van der Waals surface area contributed by atoms with Crippen molar-refractivity contribution in [2.75, 3.05) is 33.5 Å². The standard InChI is InChI=1S/C79H106O10S2Si2/c1-10-12-14-16-18-21-48-83-62-36-34-61(35-37-62)78(80)87-63-38-30-59(31-39-63)60-32-40-64(41-33-60)88-79(81)70-45-43-66(84-49-22-19-17-15-13-11-2)54-73(70)86-51-23-20-25-52-92(6,7)89-93(8,9)53-26-24-50-85-67-44-47-72-75(56-67)91-58(4)77(72)69-29-27-28-68(69)76-57(3)90-74-55-65(82-5)42-46-71(74)76/h30-31,34-39,42-47,54-56,60,64H,10-29,32-33,40-41,48-53H2,1-9H3. The van der Waals surface area contributed by atoms with Crippen LogP contribution in [0.25, 0.3) is 31.3 Å². The van der Waals surface area contributed by atoms with Gasteiger partial charge in [0.2, 0.25) is 0 Å². The fourth-order valence-electron chi connectivity index (χ4n) is 13.8. The molecule has 502 valence electrons. The van der Waals surface area contributed by atoms with Crippen LogP contribution in [0.5, 0.6) is 34.5 Å². The van der Waals surface area contributed by atoms with Crippen molar-refractivity contribution in [1.29, 1.82) is 0 Å². The minimum atomic E-state index is -1.90. The number of hydrogen-bond acceptors (Lipinski definition) is 12. The first-order valence-electron chi connectivity index (χ1n) is 35.4. The Morgan fingerprint density at radius 2 is 0.946 bits per heavy atom. The molecule has 0 saturated heterocycles. The van der Waals surface area contributed by atoms with Crippen molar-refractivity contribution in [1.82, 2.24) is 0 Å². The van der Waals surface area contributed by atoms with Crippen LogP contribution < -0.4 is 28.4 Å². The van der Waals surface area contributed by atoms with Crippen LogP contribution in [-0.2, 0) is 8.85 Å². The summed E-state index contributed by atoms with van der Waals surface area (Å²) in [5.74, 6) is 3.95. The Morgan fingerprint density at radius 3 is 1.53 bits per heavy atom. The molecule has 0 spiro atoms. The molecule has 0 amide bonds. The SMILES string of the molecule is CCCCCCCCOc1ccc(C(=O)Oc2ccc(C3CCC(OC(=O)c4ccc(OCCCCCCCC)cc4OCCCCC[Si](C)(C)O[Si](C)(C)CCCCOc4ccc5c(C6=C(c7c(C)sc8cc(OC)ccc78)CCC6)c(C)sc5c4)CC3)cc2)cc1. The number of ether oxygens (including phenoxy) is 7. The second-order valence-corrected chi connectivity index (χ2v) is 38.6. The first kappa shape index (κ1) is 71.4. The maximum Gasteiger partial charge on any atom is 0.343 e. The second-order valence-electron chi connectivity index (χ2n) is 27.2. The summed E-state index contributed by atoms with van der Waals surface area (Å²) in [6.07, 6.45) is 26.0. The van der Waals surface area contributed by atoms with E-state index in [1.54, 1.807) is 19.2 Å². The van der Waals surface area contributed by atoms with Crippen LogP contribution in [0, 0.1) is 13.8 Å². The summed E-state index contributed by atoms with van der Waals surface area (Å²) in [6.45, 7) is 21.1. The van der Waals surface area contributed by atoms with E-state index in [0.717, 1.165) is 119 Å². The van der Waals surface area contributed by atoms with Gasteiger partial charge in [-0.15, -0.1) is 22.7 Å². The maximum atomic E-state index is 14.0. The van der Waals surface area contributed by atoms with Crippen molar-refractivity contribution in [3.63, 3.8) is 0 Å². The number of allylic oxidation sites excluding steroid dienone is 2. The molecule has 93 heavy (non-hydrogen) atoms. The zero-order valence-electron chi connectivity index (χ0n) is 57.6. The zero-order chi connectivity index (χ0) is 65.6. The predicted molar refractivity (Wildman–Crippen MR) is 393 cm³/mol. The number of rotatable bonds is 39. The van der Waals surface area contributed by atoms with Crippen molar-refractivity contribution < 1.29 is 46.9 Å². The summed E-state index contributed by atoms with van der Waals surface area (Å²) in [7, 11) is -2.05. The van der Waals surface area contributed by atoms with Gasteiger partial charge in [0.1, 0.15) is 46.2 Å². The molecule has 9 rings (SSSR count). The van der Waals surface area contributed by atoms with Crippen LogP contribution in [0.15, 0.2) is 103 Å². The van der Waals surface area contributed by atoms with Crippen LogP contribution in [0.2, 0.25) is 38.3 Å². The van der Waals surface area contributed by atoms with E-state index in [9.17, 15) is 9.59 Å². The Hall–Kier alpha value is -5.91. The number of benzene rings is 5. The third-order valence-corrected chi connectivity index (χ3v) is 28.4. The number of carbonyl (C=O) groups excluding carboxylic acids is 2. The lowest BCUT2D eigenvalue weighted by molar-refractivity contribution is 0.0191. The van der Waals surface area contributed by atoms with Crippen LogP contribution in [0.1, 0.15) is 221 Å². The smallest absolute Gasteiger partial charge is 0.343 e. The molecule has 0 unspecified atom stereocenters. The monoisotopic (exact) mass is 1330 g/mol. The Morgan fingerprint density at radius 1 is 0.484 bits per heavy atom. The number of unbranched alkanes of at least 4 members (excludes halogenated alkanes) is 13. The highest BCUT2D eigenvalue weighted by molar-refractivity contribution is 7.19. The molecule has 0 aliphatic heterocycles. The quantitative estimate of drug-likeness (QED) is 0.0160. The summed E-state index contributed by atoms with van der Waals surface area (Å²) in [5, 5.41) is 2.69. The van der Waals surface area contributed by atoms with E-state index < -0.39 is 22.6 Å². The third-order valence-electron chi connectivity index (χ3n) is 18.7. The van der Waals surface area contributed by atoms with Gasteiger partial charge in [0, 0.05) is 36.0 Å². The van der Waals surface area contributed by atoms with E-state index >= 15 is 0 Å². The average Bonchev–Trinajstić information content (AvgIpc) is 1.61. The molecule has 0 radical (unpaired) electrons. The maximum absolute atomic E-state index is 14.0. The Balaban J connectivity index is 0.690. The largest absolute Gasteiger partial charge is 0.497 e. The van der Waals surface area contributed by atoms with Crippen LogP contribution >= 0.6 is 22.7 Å². The molecule has 5 aromatic carbocycles. The van der Waals surface area contributed by atoms with Gasteiger partial charge in [-0.2, -0.15) is 0 Å². The van der Waals surface area contributed by atoms with Gasteiger partial charge in [-0.3, -0.25) is 0 Å². The number of carbonyl (C=O) groups is 2. The molecule has 0 atom stereocenters. The lowest BCUT2D eigenvalue weighted by Gasteiger charge is -2.34. The molecular formula is C79H106O10S2Si2. The topological polar surface area (TPSA) is 108 Å². The lowest BCUT2D eigenvalue weighted by Crippen LogP contribution is -2.44. The van der Waals surface area contributed by atoms with Crippen LogP contribution in [0.4, 0.5) is 0 Å². The van der Waals surface area contributed by atoms with E-state index in [1.807, 2.05) is 65.1 Å². The molecule has 10 nitrogen and oxygen atoms in total. The van der Waals surface area contributed by atoms with Crippen LogP contribution in [0.3, 0.4) is 0 Å². The normalized spacial score (nSPS) is 15.3.